The monoisotopic (exact) mass is 834 g/mol. The number of nitrogens with two attached hydrogens (primary N) is 1. The molecule has 0 aliphatic carbocycles. The Bertz CT molecular complexity index is 2030. The first-order valence-corrected chi connectivity index (χ1v) is 24.0. The first-order valence-electron chi connectivity index (χ1n) is 18.0. The Balaban J connectivity index is 1.25. The second-order valence-corrected chi connectivity index (χ2v) is 23.5. The molecule has 5 rings (SSSR count). The van der Waals surface area contributed by atoms with E-state index in [1.807, 2.05) is 42.5 Å². The second-order valence-electron chi connectivity index (χ2n) is 14.6. The minimum absolute atomic E-state index is 0.125. The summed E-state index contributed by atoms with van der Waals surface area (Å²) < 4.78 is 97.7. The van der Waals surface area contributed by atoms with Crippen LogP contribution in [0.25, 0.3) is 0 Å². The van der Waals surface area contributed by atoms with Crippen molar-refractivity contribution in [2.45, 2.75) is 58.5 Å². The van der Waals surface area contributed by atoms with Gasteiger partial charge in [-0.05, 0) is 52.2 Å². The zero-order valence-electron chi connectivity index (χ0n) is 31.2. The molecule has 4 aromatic rings. The van der Waals surface area contributed by atoms with Gasteiger partial charge in [-0.2, -0.15) is 13.2 Å². The van der Waals surface area contributed by atoms with Gasteiger partial charge in [-0.15, -0.1) is 11.8 Å². The van der Waals surface area contributed by atoms with E-state index in [0.717, 1.165) is 49.8 Å². The molecular weight excluding hydrogens is 786 g/mol. The van der Waals surface area contributed by atoms with Crippen LogP contribution in [0, 0.1) is 0 Å². The van der Waals surface area contributed by atoms with E-state index in [1.165, 1.54) is 22.1 Å². The number of hydrogen-bond donors (Lipinski definition) is 2. The summed E-state index contributed by atoms with van der Waals surface area (Å²) in [6.45, 7) is 11.9. The maximum Gasteiger partial charge on any atom is 0.501 e. The van der Waals surface area contributed by atoms with Crippen molar-refractivity contribution in [2.75, 3.05) is 56.9 Å². The molecule has 0 saturated carbocycles. The molecule has 0 unspecified atom stereocenters. The van der Waals surface area contributed by atoms with Crippen LogP contribution in [0.4, 0.5) is 18.9 Å². The van der Waals surface area contributed by atoms with Crippen molar-refractivity contribution in [1.29, 1.82) is 0 Å². The molecule has 3 N–H and O–H groups in total. The maximum atomic E-state index is 13.8. The Morgan fingerprint density at radius 1 is 0.782 bits per heavy atom. The molecule has 55 heavy (non-hydrogen) atoms. The van der Waals surface area contributed by atoms with Gasteiger partial charge in [0.05, 0.1) is 10.6 Å². The van der Waals surface area contributed by atoms with Gasteiger partial charge in [-0.3, -0.25) is 4.90 Å². The molecule has 0 bridgehead atoms. The number of halogens is 3. The lowest BCUT2D eigenvalue weighted by Crippen LogP contribution is -2.67. The zero-order chi connectivity index (χ0) is 39.9. The van der Waals surface area contributed by atoms with Gasteiger partial charge in [0.15, 0.2) is 0 Å². The van der Waals surface area contributed by atoms with Gasteiger partial charge in [-0.25, -0.2) is 22.0 Å². The summed E-state index contributed by atoms with van der Waals surface area (Å²) in [5.41, 5.74) is -5.99. The van der Waals surface area contributed by atoms with Crippen LogP contribution in [0.5, 0.6) is 0 Å². The number of piperazine rings is 1. The number of rotatable bonds is 16. The largest absolute Gasteiger partial charge is 0.501 e. The molecule has 16 heteroatoms. The zero-order valence-corrected chi connectivity index (χ0v) is 34.7. The van der Waals surface area contributed by atoms with Crippen molar-refractivity contribution in [3.63, 3.8) is 0 Å². The van der Waals surface area contributed by atoms with E-state index in [4.69, 9.17) is 9.56 Å². The fourth-order valence-electron chi connectivity index (χ4n) is 6.94. The molecular formula is C39H49F3N4O5S3Si. The number of thioether (sulfide) groups is 1. The molecule has 0 aromatic heterocycles. The first-order chi connectivity index (χ1) is 25.9. The quantitative estimate of drug-likeness (QED) is 0.107. The topological polar surface area (TPSA) is 122 Å². The molecule has 0 spiro atoms. The van der Waals surface area contributed by atoms with Gasteiger partial charge in [0.2, 0.25) is 10.0 Å². The molecule has 0 amide bonds. The summed E-state index contributed by atoms with van der Waals surface area (Å²) in [4.78, 5) is 3.70. The Morgan fingerprint density at radius 3 is 1.78 bits per heavy atom. The number of hydrogen-bond acceptors (Lipinski definition) is 9. The molecule has 9 nitrogen and oxygen atoms in total. The first kappa shape index (κ1) is 42.9. The molecule has 298 valence electrons. The van der Waals surface area contributed by atoms with E-state index >= 15 is 0 Å². The van der Waals surface area contributed by atoms with Gasteiger partial charge < -0.3 is 14.6 Å². The van der Waals surface area contributed by atoms with Gasteiger partial charge in [-0.1, -0.05) is 99.6 Å². The number of primary sulfonamides is 1. The minimum Gasteiger partial charge on any atom is -0.406 e. The lowest BCUT2D eigenvalue weighted by Gasteiger charge is -2.43. The smallest absolute Gasteiger partial charge is 0.406 e. The molecule has 1 fully saturated rings. The van der Waals surface area contributed by atoms with Crippen molar-refractivity contribution in [3.8, 4) is 0 Å². The highest BCUT2D eigenvalue weighted by atomic mass is 32.2. The van der Waals surface area contributed by atoms with Gasteiger partial charge in [0.25, 0.3) is 18.2 Å². The van der Waals surface area contributed by atoms with Gasteiger partial charge in [0.1, 0.15) is 4.90 Å². The van der Waals surface area contributed by atoms with Crippen molar-refractivity contribution >= 4 is 56.0 Å². The average molecular weight is 835 g/mol. The maximum absolute atomic E-state index is 13.8. The number of benzene rings is 4. The van der Waals surface area contributed by atoms with Crippen molar-refractivity contribution in [2.24, 2.45) is 5.14 Å². The summed E-state index contributed by atoms with van der Waals surface area (Å²) >= 11 is 1.48. The Hall–Kier alpha value is -3.22. The van der Waals surface area contributed by atoms with Crippen LogP contribution in [0.15, 0.2) is 124 Å². The van der Waals surface area contributed by atoms with Crippen molar-refractivity contribution < 1.29 is 34.4 Å². The normalized spacial score (nSPS) is 15.8. The molecule has 1 aliphatic rings. The van der Waals surface area contributed by atoms with Crippen LogP contribution < -0.4 is 20.8 Å². The summed E-state index contributed by atoms with van der Waals surface area (Å²) in [6.07, 6.45) is 0.485. The summed E-state index contributed by atoms with van der Waals surface area (Å²) in [6, 6.07) is 32.6. The number of nitrogens with one attached hydrogen (secondary N) is 1. The van der Waals surface area contributed by atoms with Crippen molar-refractivity contribution in [3.05, 3.63) is 109 Å². The number of sulfone groups is 1. The van der Waals surface area contributed by atoms with E-state index in [9.17, 15) is 30.0 Å². The predicted octanol–water partition coefficient (Wildman–Crippen LogP) is 5.78. The second kappa shape index (κ2) is 17.9. The van der Waals surface area contributed by atoms with E-state index in [2.05, 4.69) is 84.4 Å². The van der Waals surface area contributed by atoms with Crippen LogP contribution in [-0.4, -0.2) is 98.1 Å². The van der Waals surface area contributed by atoms with Gasteiger partial charge in [0, 0.05) is 62.6 Å². The third kappa shape index (κ3) is 10.6. The lowest BCUT2D eigenvalue weighted by molar-refractivity contribution is -0.0435. The van der Waals surface area contributed by atoms with Crippen LogP contribution in [0.2, 0.25) is 5.04 Å². The minimum atomic E-state index is -5.91. The summed E-state index contributed by atoms with van der Waals surface area (Å²) in [5.74, 6) is 0.409. The van der Waals surface area contributed by atoms with E-state index < -0.39 is 49.5 Å². The standard InChI is InChI=1S/C39H49F3N4O5S3Si/c1-38(2,3)55(34-15-9-5-10-16-34,35-17-11-6-12-18-35)51-28-27-46-25-23-45(24-26-46)22-21-31(30-52-32-13-7-4-8-14-32)44-36-20-19-33(54(43,49)50)29-37(36)53(47,48)39(40,41)42/h4-20,29,31,44H,21-28,30H2,1-3H3,(H2,43,49,50)/t31-/m1/s1. The number of nitrogens with zero attached hydrogens (tertiary/aromatic N) is 2. The molecule has 0 radical (unpaired) electrons. The number of anilines is 1. The highest BCUT2D eigenvalue weighted by Gasteiger charge is 2.50. The van der Waals surface area contributed by atoms with Crippen molar-refractivity contribution in [1.82, 2.24) is 9.80 Å². The van der Waals surface area contributed by atoms with Crippen LogP contribution in [-0.2, 0) is 24.3 Å². The fourth-order valence-corrected chi connectivity index (χ4v) is 14.0. The number of alkyl halides is 3. The summed E-state index contributed by atoms with van der Waals surface area (Å²) in [5, 5.41) is 10.5. The molecule has 1 atom stereocenters. The molecule has 1 aliphatic heterocycles. The molecule has 1 heterocycles. The van der Waals surface area contributed by atoms with E-state index in [-0.39, 0.29) is 10.7 Å². The van der Waals surface area contributed by atoms with Crippen LogP contribution in [0.3, 0.4) is 0 Å². The highest BCUT2D eigenvalue weighted by Crippen LogP contribution is 2.38. The lowest BCUT2D eigenvalue weighted by atomic mass is 10.2. The summed E-state index contributed by atoms with van der Waals surface area (Å²) in [7, 11) is -13.1. The Morgan fingerprint density at radius 2 is 1.29 bits per heavy atom. The van der Waals surface area contributed by atoms with Crippen LogP contribution >= 0.6 is 11.8 Å². The van der Waals surface area contributed by atoms with E-state index in [1.54, 1.807) is 0 Å². The SMILES string of the molecule is CC(C)(C)[Si](OCCN1CCN(CC[C@H](CSc2ccccc2)Nc2ccc(S(N)(=O)=O)cc2S(=O)(=O)C(F)(F)F)CC1)(c1ccccc1)c1ccccc1. The number of sulfonamides is 1. The fraction of sp³-hybridized carbons (Fsp3) is 0.385. The molecule has 1 saturated heterocycles. The third-order valence-electron chi connectivity index (χ3n) is 9.83. The Kier molecular flexibility index (Phi) is 14.0. The van der Waals surface area contributed by atoms with Gasteiger partial charge >= 0.3 is 5.51 Å². The third-order valence-corrected chi connectivity index (χ3v) is 18.5. The highest BCUT2D eigenvalue weighted by molar-refractivity contribution is 7.99. The van der Waals surface area contributed by atoms with Crippen LogP contribution in [0.1, 0.15) is 27.2 Å². The predicted molar refractivity (Wildman–Crippen MR) is 217 cm³/mol. The Labute approximate surface area is 328 Å². The molecule has 4 aromatic carbocycles. The van der Waals surface area contributed by atoms with E-state index in [0.29, 0.717) is 31.4 Å². The average Bonchev–Trinajstić information content (AvgIpc) is 3.15.